The normalized spacial score (nSPS) is 29.6. The number of likely N-dealkylation sites (tertiary alicyclic amines) is 1. The first-order valence-electron chi connectivity index (χ1n) is 7.29. The second-order valence-corrected chi connectivity index (χ2v) is 5.73. The Morgan fingerprint density at radius 1 is 1.18 bits per heavy atom. The number of piperidine rings is 1. The average molecular weight is 241 g/mol. The third-order valence-electron chi connectivity index (χ3n) is 4.21. The molecule has 0 aromatic carbocycles. The first-order chi connectivity index (χ1) is 8.25. The number of hydrogen-bond donors (Lipinski definition) is 1. The Bertz CT molecular complexity index is 216. The van der Waals surface area contributed by atoms with Gasteiger partial charge in [-0.3, -0.25) is 4.90 Å². The van der Waals surface area contributed by atoms with Crippen molar-refractivity contribution in [2.75, 3.05) is 19.7 Å². The molecule has 0 bridgehead atoms. The highest BCUT2D eigenvalue weighted by Crippen LogP contribution is 2.21. The lowest BCUT2D eigenvalue weighted by atomic mass is 10.0. The van der Waals surface area contributed by atoms with Gasteiger partial charge < -0.3 is 9.84 Å². The number of β-amino-alcohol motifs (C(OH)–C–C–N with tert-alkyl or cyclic N) is 1. The first kappa shape index (κ1) is 13.3. The molecular weight excluding hydrogens is 214 g/mol. The maximum absolute atomic E-state index is 10.0. The second-order valence-electron chi connectivity index (χ2n) is 5.73. The van der Waals surface area contributed by atoms with E-state index in [2.05, 4.69) is 11.8 Å². The van der Waals surface area contributed by atoms with E-state index in [1.807, 2.05) is 0 Å². The van der Waals surface area contributed by atoms with Gasteiger partial charge in [0.15, 0.2) is 0 Å². The Hall–Kier alpha value is -0.120. The number of hydrogen-bond acceptors (Lipinski definition) is 3. The maximum atomic E-state index is 10.0. The Labute approximate surface area is 105 Å². The fourth-order valence-corrected chi connectivity index (χ4v) is 3.05. The van der Waals surface area contributed by atoms with Gasteiger partial charge in [0, 0.05) is 12.6 Å². The van der Waals surface area contributed by atoms with Crippen molar-refractivity contribution in [2.45, 2.75) is 70.1 Å². The van der Waals surface area contributed by atoms with Crippen molar-refractivity contribution in [1.82, 2.24) is 4.90 Å². The molecule has 0 unspecified atom stereocenters. The van der Waals surface area contributed by atoms with E-state index in [0.29, 0.717) is 18.8 Å². The molecule has 1 heterocycles. The summed E-state index contributed by atoms with van der Waals surface area (Å²) < 4.78 is 5.76. The summed E-state index contributed by atoms with van der Waals surface area (Å²) >= 11 is 0. The zero-order valence-corrected chi connectivity index (χ0v) is 11.1. The SMILES string of the molecule is C[C@H]1CCCCN1C[C@H](O)COC1CCCC1. The molecule has 0 amide bonds. The summed E-state index contributed by atoms with van der Waals surface area (Å²) in [5, 5.41) is 10.0. The van der Waals surface area contributed by atoms with Crippen LogP contribution in [0.4, 0.5) is 0 Å². The van der Waals surface area contributed by atoms with Crippen molar-refractivity contribution in [3.8, 4) is 0 Å². The van der Waals surface area contributed by atoms with Crippen LogP contribution in [0.15, 0.2) is 0 Å². The minimum atomic E-state index is -0.309. The van der Waals surface area contributed by atoms with Gasteiger partial charge in [0.2, 0.25) is 0 Å². The quantitative estimate of drug-likeness (QED) is 0.801. The van der Waals surface area contributed by atoms with E-state index in [9.17, 15) is 5.11 Å². The number of nitrogens with zero attached hydrogens (tertiary/aromatic N) is 1. The van der Waals surface area contributed by atoms with Gasteiger partial charge >= 0.3 is 0 Å². The van der Waals surface area contributed by atoms with E-state index in [-0.39, 0.29) is 6.10 Å². The van der Waals surface area contributed by atoms with Crippen molar-refractivity contribution in [2.24, 2.45) is 0 Å². The molecule has 0 aromatic heterocycles. The van der Waals surface area contributed by atoms with Crippen LogP contribution in [0.3, 0.4) is 0 Å². The van der Waals surface area contributed by atoms with Crippen molar-refractivity contribution in [1.29, 1.82) is 0 Å². The van der Waals surface area contributed by atoms with E-state index in [4.69, 9.17) is 4.74 Å². The number of aliphatic hydroxyl groups is 1. The van der Waals surface area contributed by atoms with Crippen LogP contribution in [0.25, 0.3) is 0 Å². The molecule has 2 atom stereocenters. The minimum Gasteiger partial charge on any atom is -0.389 e. The highest BCUT2D eigenvalue weighted by atomic mass is 16.5. The topological polar surface area (TPSA) is 32.7 Å². The fourth-order valence-electron chi connectivity index (χ4n) is 3.05. The third-order valence-corrected chi connectivity index (χ3v) is 4.21. The van der Waals surface area contributed by atoms with Gasteiger partial charge in [-0.05, 0) is 39.2 Å². The molecule has 2 fully saturated rings. The fraction of sp³-hybridized carbons (Fsp3) is 1.00. The molecule has 1 aliphatic carbocycles. The molecule has 1 saturated carbocycles. The largest absolute Gasteiger partial charge is 0.389 e. The minimum absolute atomic E-state index is 0.309. The summed E-state index contributed by atoms with van der Waals surface area (Å²) in [5.74, 6) is 0. The highest BCUT2D eigenvalue weighted by molar-refractivity contribution is 4.76. The van der Waals surface area contributed by atoms with Crippen LogP contribution >= 0.6 is 0 Å². The van der Waals surface area contributed by atoms with Crippen molar-refractivity contribution in [3.63, 3.8) is 0 Å². The van der Waals surface area contributed by atoms with Gasteiger partial charge in [0.05, 0.1) is 18.8 Å². The molecule has 0 aromatic rings. The number of aliphatic hydroxyl groups excluding tert-OH is 1. The molecule has 1 saturated heterocycles. The summed E-state index contributed by atoms with van der Waals surface area (Å²) in [7, 11) is 0. The first-order valence-corrected chi connectivity index (χ1v) is 7.29. The van der Waals surface area contributed by atoms with Crippen LogP contribution in [0.2, 0.25) is 0 Å². The predicted molar refractivity (Wildman–Crippen MR) is 69.1 cm³/mol. The summed E-state index contributed by atoms with van der Waals surface area (Å²) in [5.41, 5.74) is 0. The second kappa shape index (κ2) is 6.72. The van der Waals surface area contributed by atoms with Crippen LogP contribution in [0, 0.1) is 0 Å². The van der Waals surface area contributed by atoms with Crippen molar-refractivity contribution in [3.05, 3.63) is 0 Å². The molecule has 17 heavy (non-hydrogen) atoms. The Balaban J connectivity index is 1.63. The molecule has 0 spiro atoms. The maximum Gasteiger partial charge on any atom is 0.0900 e. The lowest BCUT2D eigenvalue weighted by molar-refractivity contribution is -0.0256. The van der Waals surface area contributed by atoms with E-state index in [1.54, 1.807) is 0 Å². The Kier molecular flexibility index (Phi) is 5.26. The van der Waals surface area contributed by atoms with E-state index in [1.165, 1.54) is 44.9 Å². The van der Waals surface area contributed by atoms with Gasteiger partial charge in [-0.2, -0.15) is 0 Å². The van der Waals surface area contributed by atoms with E-state index < -0.39 is 0 Å². The van der Waals surface area contributed by atoms with Gasteiger partial charge in [-0.25, -0.2) is 0 Å². The zero-order chi connectivity index (χ0) is 12.1. The van der Waals surface area contributed by atoms with Crippen LogP contribution < -0.4 is 0 Å². The summed E-state index contributed by atoms with van der Waals surface area (Å²) in [4.78, 5) is 2.41. The Morgan fingerprint density at radius 3 is 2.59 bits per heavy atom. The van der Waals surface area contributed by atoms with Crippen LogP contribution in [-0.4, -0.2) is 48.0 Å². The van der Waals surface area contributed by atoms with Gasteiger partial charge in [-0.1, -0.05) is 19.3 Å². The van der Waals surface area contributed by atoms with Crippen LogP contribution in [0.5, 0.6) is 0 Å². The summed E-state index contributed by atoms with van der Waals surface area (Å²) in [6, 6.07) is 0.630. The van der Waals surface area contributed by atoms with Crippen molar-refractivity contribution >= 4 is 0 Å². The highest BCUT2D eigenvalue weighted by Gasteiger charge is 2.22. The molecule has 100 valence electrons. The molecule has 1 N–H and O–H groups in total. The van der Waals surface area contributed by atoms with Crippen LogP contribution in [-0.2, 0) is 4.74 Å². The van der Waals surface area contributed by atoms with E-state index in [0.717, 1.165) is 13.1 Å². The number of ether oxygens (including phenoxy) is 1. The molecule has 0 radical (unpaired) electrons. The standard InChI is InChI=1S/C14H27NO2/c1-12-6-4-5-9-15(12)10-13(16)11-17-14-7-2-3-8-14/h12-14,16H,2-11H2,1H3/t12-,13-/m0/s1. The summed E-state index contributed by atoms with van der Waals surface area (Å²) in [6.07, 6.45) is 8.97. The van der Waals surface area contributed by atoms with Gasteiger partial charge in [0.25, 0.3) is 0 Å². The van der Waals surface area contributed by atoms with Gasteiger partial charge in [-0.15, -0.1) is 0 Å². The summed E-state index contributed by atoms with van der Waals surface area (Å²) in [6.45, 7) is 4.72. The van der Waals surface area contributed by atoms with E-state index >= 15 is 0 Å². The third kappa shape index (κ3) is 4.23. The predicted octanol–water partition coefficient (Wildman–Crippen LogP) is 2.18. The zero-order valence-electron chi connectivity index (χ0n) is 11.1. The van der Waals surface area contributed by atoms with Crippen LogP contribution in [0.1, 0.15) is 51.9 Å². The molecule has 1 aliphatic heterocycles. The van der Waals surface area contributed by atoms with Gasteiger partial charge in [0.1, 0.15) is 0 Å². The average Bonchev–Trinajstić information content (AvgIpc) is 2.82. The number of rotatable bonds is 5. The molecule has 3 heteroatoms. The van der Waals surface area contributed by atoms with Crippen molar-refractivity contribution < 1.29 is 9.84 Å². The monoisotopic (exact) mass is 241 g/mol. The molecular formula is C14H27NO2. The lowest BCUT2D eigenvalue weighted by Crippen LogP contribution is -2.43. The lowest BCUT2D eigenvalue weighted by Gasteiger charge is -2.34. The molecule has 3 nitrogen and oxygen atoms in total. The molecule has 2 aliphatic rings. The smallest absolute Gasteiger partial charge is 0.0900 e. The Morgan fingerprint density at radius 2 is 1.88 bits per heavy atom. The molecule has 2 rings (SSSR count).